The Morgan fingerprint density at radius 1 is 0.707 bits per heavy atom. The first-order valence-corrected chi connectivity index (χ1v) is 28.0. The van der Waals surface area contributed by atoms with Crippen LogP contribution in [0.15, 0.2) is 71.2 Å². The van der Waals surface area contributed by atoms with Crippen molar-refractivity contribution in [2.75, 3.05) is 49.7 Å². The van der Waals surface area contributed by atoms with E-state index in [1.54, 1.807) is 49.3 Å². The minimum Gasteiger partial charge on any atom is -0.444 e. The molecule has 75 heavy (non-hydrogen) atoms. The molecule has 8 rings (SSSR count). The number of ether oxygens (including phenoxy) is 2. The van der Waals surface area contributed by atoms with Crippen molar-refractivity contribution >= 4 is 87.6 Å². The van der Waals surface area contributed by atoms with Gasteiger partial charge in [-0.05, 0) is 139 Å². The second kappa shape index (κ2) is 25.6. The van der Waals surface area contributed by atoms with Crippen molar-refractivity contribution in [2.45, 2.75) is 141 Å². The van der Waals surface area contributed by atoms with Gasteiger partial charge in [0.2, 0.25) is 11.2 Å². The van der Waals surface area contributed by atoms with Crippen LogP contribution in [0.2, 0.25) is 5.28 Å². The van der Waals surface area contributed by atoms with Crippen molar-refractivity contribution < 1.29 is 28.7 Å². The number of nitrogens with two attached hydrogens (primary N) is 1. The third-order valence-corrected chi connectivity index (χ3v) is 13.5. The van der Waals surface area contributed by atoms with Gasteiger partial charge < -0.3 is 35.6 Å². The maximum absolute atomic E-state index is 13.1. The van der Waals surface area contributed by atoms with E-state index in [4.69, 9.17) is 26.8 Å². The number of carbonyl (C=O) groups is 4. The number of aromatic nitrogens is 8. The van der Waals surface area contributed by atoms with Gasteiger partial charge in [0.1, 0.15) is 11.2 Å². The second-order valence-electron chi connectivity index (χ2n) is 21.1. The Balaban J connectivity index is 0.000000204. The van der Waals surface area contributed by atoms with Crippen molar-refractivity contribution in [3.05, 3.63) is 88.5 Å². The van der Waals surface area contributed by atoms with Crippen molar-refractivity contribution in [2.24, 2.45) is 5.92 Å². The van der Waals surface area contributed by atoms with E-state index in [-0.39, 0.29) is 41.8 Å². The molecule has 6 aromatic rings. The van der Waals surface area contributed by atoms with Crippen molar-refractivity contribution in [3.8, 4) is 0 Å². The Labute approximate surface area is 453 Å². The topological polar surface area (TPSA) is 229 Å². The van der Waals surface area contributed by atoms with Gasteiger partial charge >= 0.3 is 12.2 Å². The number of amides is 3. The Morgan fingerprint density at radius 3 is 1.75 bits per heavy atom. The summed E-state index contributed by atoms with van der Waals surface area (Å²) in [6, 6.07) is 14.4. The highest BCUT2D eigenvalue weighted by Crippen LogP contribution is 2.28. The number of carbonyl (C=O) groups excluding carboxylic acids is 4. The largest absolute Gasteiger partial charge is 0.444 e. The number of nitrogens with zero attached hydrogens (tertiary/aromatic N) is 10. The monoisotopic (exact) mass is 1090 g/mol. The number of nitrogen functional groups attached to an aromatic ring is 1. The molecule has 4 aromatic heterocycles. The molecule has 0 atom stereocenters. The van der Waals surface area contributed by atoms with Gasteiger partial charge in [-0.25, -0.2) is 19.6 Å². The molecule has 2 aliphatic heterocycles. The van der Waals surface area contributed by atoms with Crippen LogP contribution in [0.25, 0.3) is 11.3 Å². The Hall–Kier alpha value is -6.19. The summed E-state index contributed by atoms with van der Waals surface area (Å²) in [7, 11) is 0. The molecule has 0 radical (unpaired) electrons. The van der Waals surface area contributed by atoms with Crippen LogP contribution in [-0.4, -0.2) is 129 Å². The number of fused-ring (bicyclic) bond motifs is 2. The van der Waals surface area contributed by atoms with Crippen LogP contribution in [0.1, 0.15) is 145 Å². The third-order valence-electron chi connectivity index (χ3n) is 12.1. The summed E-state index contributed by atoms with van der Waals surface area (Å²) in [6.45, 7) is 22.0. The van der Waals surface area contributed by atoms with E-state index >= 15 is 0 Å². The standard InChI is InChI=1S/C27H36N6O3S.C17H25N3O3.C9H11ClN4S/c1-17(2)21-16-28-33-23(21)30-25(37-6)31-24(33)29-20-9-7-8-19(15-20)22(34)14-18-10-12-32(13-11-18)26(35)36-27(3,4)5;1-17(2,3)23-16(22)20-9-7-14(8-10-20)19-15(21)12-5-4-6-13(18)11-12;1-5(2)6-4-11-14-7(6)12-9(15-3)13-8(14)10/h7-9,15-18H,10-14H2,1-6H3,(H,29,30,31);4-6,11,14H,7-10,18H2,1-3H3,(H,19,21);4-5H,1-3H3. The molecule has 2 aromatic carbocycles. The van der Waals surface area contributed by atoms with Crippen LogP contribution < -0.4 is 16.4 Å². The number of likely N-dealkylation sites (tertiary alicyclic amines) is 2. The average Bonchev–Trinajstić information content (AvgIpc) is 4.00. The van der Waals surface area contributed by atoms with Gasteiger partial charge in [-0.1, -0.05) is 69.4 Å². The molecule has 2 saturated heterocycles. The molecule has 0 saturated carbocycles. The summed E-state index contributed by atoms with van der Waals surface area (Å²) in [5, 5.41) is 16.7. The smallest absolute Gasteiger partial charge is 0.410 e. The van der Waals surface area contributed by atoms with Crippen LogP contribution in [0, 0.1) is 5.92 Å². The fourth-order valence-corrected chi connectivity index (χ4v) is 9.17. The lowest BCUT2D eigenvalue weighted by Gasteiger charge is -2.33. The van der Waals surface area contributed by atoms with E-state index < -0.39 is 11.2 Å². The van der Waals surface area contributed by atoms with Crippen LogP contribution in [0.3, 0.4) is 0 Å². The van der Waals surface area contributed by atoms with Gasteiger partial charge in [-0.15, -0.1) is 0 Å². The van der Waals surface area contributed by atoms with E-state index in [0.29, 0.717) is 89.7 Å². The normalized spacial score (nSPS) is 14.5. The highest BCUT2D eigenvalue weighted by molar-refractivity contribution is 7.98. The third kappa shape index (κ3) is 16.4. The Bertz CT molecular complexity index is 2940. The minimum absolute atomic E-state index is 0.0580. The number of benzene rings is 2. The van der Waals surface area contributed by atoms with Gasteiger partial charge in [0.15, 0.2) is 27.4 Å². The van der Waals surface area contributed by atoms with Crippen LogP contribution >= 0.6 is 35.1 Å². The zero-order valence-corrected chi connectivity index (χ0v) is 47.5. The Kier molecular flexibility index (Phi) is 19.8. The molecule has 22 heteroatoms. The summed E-state index contributed by atoms with van der Waals surface area (Å²) in [6.07, 6.45) is 10.4. The van der Waals surface area contributed by atoms with Gasteiger partial charge in [0.05, 0.1) is 12.4 Å². The molecule has 4 N–H and O–H groups in total. The molecule has 0 spiro atoms. The summed E-state index contributed by atoms with van der Waals surface area (Å²) < 4.78 is 14.1. The van der Waals surface area contributed by atoms with Gasteiger partial charge in [-0.2, -0.15) is 29.2 Å². The summed E-state index contributed by atoms with van der Waals surface area (Å²) in [4.78, 5) is 70.9. The lowest BCUT2D eigenvalue weighted by Crippen LogP contribution is -2.47. The average molecular weight is 1090 g/mol. The number of rotatable bonds is 11. The fraction of sp³-hybridized carbons (Fsp3) is 0.509. The predicted octanol–water partition coefficient (Wildman–Crippen LogP) is 11.0. The molecule has 0 bridgehead atoms. The molecule has 6 heterocycles. The van der Waals surface area contributed by atoms with Crippen LogP contribution in [-0.2, 0) is 9.47 Å². The lowest BCUT2D eigenvalue weighted by atomic mass is 9.90. The summed E-state index contributed by atoms with van der Waals surface area (Å²) in [5.41, 5.74) is 11.0. The van der Waals surface area contributed by atoms with Crippen molar-refractivity contribution in [1.82, 2.24) is 54.3 Å². The second-order valence-corrected chi connectivity index (χ2v) is 23.0. The maximum atomic E-state index is 13.1. The molecular weight excluding hydrogens is 1010 g/mol. The van der Waals surface area contributed by atoms with E-state index in [1.165, 1.54) is 23.5 Å². The number of thioether (sulfide) groups is 2. The number of hydrogen-bond donors (Lipinski definition) is 3. The van der Waals surface area contributed by atoms with Gasteiger partial charge in [0, 0.05) is 72.3 Å². The predicted molar refractivity (Wildman–Crippen MR) is 297 cm³/mol. The van der Waals surface area contributed by atoms with Crippen molar-refractivity contribution in [3.63, 3.8) is 0 Å². The molecule has 0 aliphatic carbocycles. The zero-order valence-electron chi connectivity index (χ0n) is 45.1. The molecule has 0 unspecified atom stereocenters. The first kappa shape index (κ1) is 58.1. The van der Waals surface area contributed by atoms with E-state index in [0.717, 1.165) is 41.0 Å². The fourth-order valence-electron chi connectivity index (χ4n) is 8.20. The van der Waals surface area contributed by atoms with E-state index in [9.17, 15) is 19.2 Å². The first-order valence-electron chi connectivity index (χ1n) is 25.2. The molecule has 19 nitrogen and oxygen atoms in total. The maximum Gasteiger partial charge on any atom is 0.410 e. The lowest BCUT2D eigenvalue weighted by molar-refractivity contribution is 0.0177. The molecular formula is C53H72ClN13O6S2. The van der Waals surface area contributed by atoms with E-state index in [1.807, 2.05) is 84.5 Å². The van der Waals surface area contributed by atoms with E-state index in [2.05, 4.69) is 68.5 Å². The van der Waals surface area contributed by atoms with Crippen LogP contribution in [0.4, 0.5) is 26.9 Å². The molecule has 2 aliphatic rings. The van der Waals surface area contributed by atoms with Gasteiger partial charge in [0.25, 0.3) is 5.91 Å². The number of anilines is 3. The van der Waals surface area contributed by atoms with Crippen LogP contribution in [0.5, 0.6) is 0 Å². The number of piperidine rings is 2. The highest BCUT2D eigenvalue weighted by Gasteiger charge is 2.30. The first-order chi connectivity index (χ1) is 35.4. The van der Waals surface area contributed by atoms with Gasteiger partial charge in [-0.3, -0.25) is 9.59 Å². The number of nitrogens with one attached hydrogen (secondary N) is 2. The number of Topliss-reactive ketones (excluding diaryl/α,β-unsaturated/α-hetero) is 1. The number of halogens is 1. The highest BCUT2D eigenvalue weighted by atomic mass is 35.5. The Morgan fingerprint density at radius 2 is 1.21 bits per heavy atom. The quantitative estimate of drug-likeness (QED) is 0.0622. The summed E-state index contributed by atoms with van der Waals surface area (Å²) >= 11 is 8.94. The summed E-state index contributed by atoms with van der Waals surface area (Å²) in [5.74, 6) is 1.42. The molecule has 404 valence electrons. The minimum atomic E-state index is -0.508. The van der Waals surface area contributed by atoms with Crippen molar-refractivity contribution in [1.29, 1.82) is 0 Å². The zero-order chi connectivity index (χ0) is 54.8. The SMILES string of the molecule is CC(C)(C)OC(=O)N1CCC(NC(=O)c2cccc(N)c2)CC1.CSc1nc(Cl)n2ncc(C(C)C)c2n1.CSc1nc(Nc2cccc(C(=O)CC3CCN(C(=O)OC(C)(C)C)CC3)c2)n2ncc(C(C)C)c2n1. The molecule has 2 fully saturated rings. The molecule has 3 amide bonds. The number of hydrogen-bond acceptors (Lipinski definition) is 16. The number of ketones is 1.